The Morgan fingerprint density at radius 2 is 1.76 bits per heavy atom. The van der Waals surface area contributed by atoms with Gasteiger partial charge in [0.25, 0.3) is 0 Å². The molecule has 0 bridgehead atoms. The van der Waals surface area contributed by atoms with Gasteiger partial charge in [0.2, 0.25) is 0 Å². The Morgan fingerprint density at radius 1 is 1.06 bits per heavy atom. The summed E-state index contributed by atoms with van der Waals surface area (Å²) in [4.78, 5) is 0. The molecule has 1 unspecified atom stereocenters. The zero-order valence-corrected chi connectivity index (χ0v) is 11.9. The fourth-order valence-electron chi connectivity index (χ4n) is 1.72. The third-order valence-corrected chi connectivity index (χ3v) is 4.15. The van der Waals surface area contributed by atoms with E-state index in [1.165, 1.54) is 0 Å². The minimum atomic E-state index is -0.0364. The van der Waals surface area contributed by atoms with Crippen molar-refractivity contribution in [2.45, 2.75) is 6.04 Å². The molecule has 0 heterocycles. The van der Waals surface area contributed by atoms with E-state index < -0.39 is 0 Å². The summed E-state index contributed by atoms with van der Waals surface area (Å²) in [5, 5.41) is 0.749. The van der Waals surface area contributed by atoms with Crippen molar-refractivity contribution in [3.05, 3.63) is 68.3 Å². The monoisotopic (exact) mass is 358 g/mol. The summed E-state index contributed by atoms with van der Waals surface area (Å²) < 4.78 is 1.04. The lowest BCUT2D eigenvalue weighted by Crippen LogP contribution is -2.28. The Kier molecular flexibility index (Phi) is 4.39. The molecule has 0 saturated carbocycles. The Hall–Kier alpha value is -0.620. The number of hydrogen-bond donors (Lipinski definition) is 2. The number of rotatable bonds is 3. The van der Waals surface area contributed by atoms with Crippen molar-refractivity contribution in [1.29, 1.82) is 0 Å². The molecule has 0 aliphatic rings. The third kappa shape index (κ3) is 2.98. The number of nitrogens with two attached hydrogens (primary N) is 1. The van der Waals surface area contributed by atoms with Crippen molar-refractivity contribution in [2.24, 2.45) is 5.84 Å². The van der Waals surface area contributed by atoms with Gasteiger partial charge in [-0.25, -0.2) is 5.43 Å². The van der Waals surface area contributed by atoms with E-state index in [-0.39, 0.29) is 6.04 Å². The van der Waals surface area contributed by atoms with Gasteiger partial charge in [-0.1, -0.05) is 48.0 Å². The summed E-state index contributed by atoms with van der Waals surface area (Å²) >= 11 is 8.33. The normalized spacial score (nSPS) is 12.4. The van der Waals surface area contributed by atoms with Crippen LogP contribution < -0.4 is 11.3 Å². The second-order valence-corrected chi connectivity index (χ2v) is 5.25. The summed E-state index contributed by atoms with van der Waals surface area (Å²) in [6.07, 6.45) is 0. The van der Waals surface area contributed by atoms with Crippen LogP contribution >= 0.6 is 34.2 Å². The lowest BCUT2D eigenvalue weighted by atomic mass is 9.99. The zero-order valence-electron chi connectivity index (χ0n) is 9.03. The number of benzene rings is 2. The van der Waals surface area contributed by atoms with Gasteiger partial charge < -0.3 is 0 Å². The molecule has 2 rings (SSSR count). The van der Waals surface area contributed by atoms with Crippen LogP contribution in [0.1, 0.15) is 17.2 Å². The fourth-order valence-corrected chi connectivity index (χ4v) is 2.25. The molecule has 2 aromatic rings. The van der Waals surface area contributed by atoms with Crippen LogP contribution in [0, 0.1) is 3.57 Å². The lowest BCUT2D eigenvalue weighted by molar-refractivity contribution is 0.637. The lowest BCUT2D eigenvalue weighted by Gasteiger charge is -2.17. The number of hydrazine groups is 1. The predicted molar refractivity (Wildman–Crippen MR) is 79.8 cm³/mol. The number of halogens is 2. The van der Waals surface area contributed by atoms with Gasteiger partial charge in [0, 0.05) is 3.57 Å². The maximum atomic E-state index is 6.13. The Morgan fingerprint density at radius 3 is 2.35 bits per heavy atom. The molecule has 17 heavy (non-hydrogen) atoms. The van der Waals surface area contributed by atoms with Gasteiger partial charge in [0.1, 0.15) is 0 Å². The van der Waals surface area contributed by atoms with E-state index in [2.05, 4.69) is 28.0 Å². The first-order valence-electron chi connectivity index (χ1n) is 5.18. The van der Waals surface area contributed by atoms with Crippen molar-refractivity contribution in [1.82, 2.24) is 5.43 Å². The topological polar surface area (TPSA) is 38.0 Å². The first-order chi connectivity index (χ1) is 8.22. The van der Waals surface area contributed by atoms with Crippen molar-refractivity contribution >= 4 is 34.2 Å². The van der Waals surface area contributed by atoms with E-state index in [1.807, 2.05) is 48.5 Å². The average Bonchev–Trinajstić information content (AvgIpc) is 2.36. The molecule has 3 N–H and O–H groups in total. The summed E-state index contributed by atoms with van der Waals surface area (Å²) in [5.41, 5.74) is 5.00. The Bertz CT molecular complexity index is 502. The van der Waals surface area contributed by atoms with Crippen LogP contribution in [0.5, 0.6) is 0 Å². The van der Waals surface area contributed by atoms with Crippen LogP contribution in [0.3, 0.4) is 0 Å². The molecule has 0 spiro atoms. The van der Waals surface area contributed by atoms with Crippen LogP contribution in [0.4, 0.5) is 0 Å². The SMILES string of the molecule is NNC(c1ccccc1)c1ccc(I)c(Cl)c1. The highest BCUT2D eigenvalue weighted by Gasteiger charge is 2.12. The van der Waals surface area contributed by atoms with E-state index in [0.29, 0.717) is 0 Å². The number of hydrogen-bond acceptors (Lipinski definition) is 2. The van der Waals surface area contributed by atoms with Gasteiger partial charge >= 0.3 is 0 Å². The van der Waals surface area contributed by atoms with E-state index >= 15 is 0 Å². The summed E-state index contributed by atoms with van der Waals surface area (Å²) in [6, 6.07) is 16.0. The highest BCUT2D eigenvalue weighted by atomic mass is 127. The Labute approximate surface area is 119 Å². The average molecular weight is 359 g/mol. The third-order valence-electron chi connectivity index (χ3n) is 2.58. The molecular formula is C13H12ClIN2. The van der Waals surface area contributed by atoms with Gasteiger partial charge in [0.15, 0.2) is 0 Å². The first kappa shape index (κ1) is 12.8. The van der Waals surface area contributed by atoms with Crippen molar-refractivity contribution in [3.8, 4) is 0 Å². The first-order valence-corrected chi connectivity index (χ1v) is 6.64. The second-order valence-electron chi connectivity index (χ2n) is 3.68. The Balaban J connectivity index is 2.39. The van der Waals surface area contributed by atoms with Crippen LogP contribution in [-0.4, -0.2) is 0 Å². The van der Waals surface area contributed by atoms with E-state index in [0.717, 1.165) is 19.7 Å². The molecule has 2 nitrogen and oxygen atoms in total. The standard InChI is InChI=1S/C13H12ClIN2/c14-11-8-10(6-7-12(11)15)13(17-16)9-4-2-1-3-5-9/h1-8,13,17H,16H2. The molecule has 0 aliphatic carbocycles. The highest BCUT2D eigenvalue weighted by Crippen LogP contribution is 2.26. The fraction of sp³-hybridized carbons (Fsp3) is 0.0769. The molecule has 2 aromatic carbocycles. The van der Waals surface area contributed by atoms with Crippen molar-refractivity contribution in [3.63, 3.8) is 0 Å². The molecule has 0 radical (unpaired) electrons. The maximum absolute atomic E-state index is 6.13. The van der Waals surface area contributed by atoms with E-state index in [4.69, 9.17) is 17.4 Å². The van der Waals surface area contributed by atoms with Crippen LogP contribution in [0.25, 0.3) is 0 Å². The predicted octanol–water partition coefficient (Wildman–Crippen LogP) is 3.50. The van der Waals surface area contributed by atoms with Crippen LogP contribution in [0.15, 0.2) is 48.5 Å². The molecule has 0 fully saturated rings. The van der Waals surface area contributed by atoms with Gasteiger partial charge in [-0.15, -0.1) is 0 Å². The molecule has 0 aromatic heterocycles. The molecule has 0 amide bonds. The minimum Gasteiger partial charge on any atom is -0.271 e. The van der Waals surface area contributed by atoms with Crippen molar-refractivity contribution in [2.75, 3.05) is 0 Å². The van der Waals surface area contributed by atoms with E-state index in [9.17, 15) is 0 Å². The summed E-state index contributed by atoms with van der Waals surface area (Å²) in [6.45, 7) is 0. The smallest absolute Gasteiger partial charge is 0.0710 e. The van der Waals surface area contributed by atoms with Gasteiger partial charge in [-0.05, 0) is 45.9 Å². The molecule has 1 atom stereocenters. The van der Waals surface area contributed by atoms with Crippen LogP contribution in [-0.2, 0) is 0 Å². The number of nitrogens with one attached hydrogen (secondary N) is 1. The summed E-state index contributed by atoms with van der Waals surface area (Å²) in [7, 11) is 0. The molecule has 88 valence electrons. The maximum Gasteiger partial charge on any atom is 0.0710 e. The molecule has 0 saturated heterocycles. The second kappa shape index (κ2) is 5.82. The minimum absolute atomic E-state index is 0.0364. The van der Waals surface area contributed by atoms with Gasteiger partial charge in [-0.3, -0.25) is 5.84 Å². The van der Waals surface area contributed by atoms with Gasteiger partial charge in [0.05, 0.1) is 11.1 Å². The zero-order chi connectivity index (χ0) is 12.3. The molecular weight excluding hydrogens is 347 g/mol. The quantitative estimate of drug-likeness (QED) is 0.501. The van der Waals surface area contributed by atoms with Crippen LogP contribution in [0.2, 0.25) is 5.02 Å². The van der Waals surface area contributed by atoms with Crippen molar-refractivity contribution < 1.29 is 0 Å². The molecule has 0 aliphatic heterocycles. The molecule has 4 heteroatoms. The van der Waals surface area contributed by atoms with Gasteiger partial charge in [-0.2, -0.15) is 0 Å². The highest BCUT2D eigenvalue weighted by molar-refractivity contribution is 14.1. The van der Waals surface area contributed by atoms with E-state index in [1.54, 1.807) is 0 Å². The summed E-state index contributed by atoms with van der Waals surface area (Å²) in [5.74, 6) is 5.63. The largest absolute Gasteiger partial charge is 0.271 e.